The molecule has 1 amide bonds. The zero-order chi connectivity index (χ0) is 15.0. The van der Waals surface area contributed by atoms with Crippen LogP contribution < -0.4 is 15.4 Å². The summed E-state index contributed by atoms with van der Waals surface area (Å²) in [4.78, 5) is 16.1. The Labute approximate surface area is 125 Å². The van der Waals surface area contributed by atoms with Gasteiger partial charge in [-0.05, 0) is 26.3 Å². The first-order valence-corrected chi connectivity index (χ1v) is 7.64. The summed E-state index contributed by atoms with van der Waals surface area (Å²) in [6, 6.07) is 6.24. The maximum Gasteiger partial charge on any atom is 0.223 e. The maximum atomic E-state index is 11.7. The molecule has 2 aliphatic rings. The molecular formula is C16H23N3O2. The number of fused-ring (bicyclic) bond motifs is 1. The highest BCUT2D eigenvalue weighted by atomic mass is 16.5. The van der Waals surface area contributed by atoms with Crippen molar-refractivity contribution in [1.82, 2.24) is 4.90 Å². The van der Waals surface area contributed by atoms with Crippen molar-refractivity contribution in [2.24, 2.45) is 0 Å². The van der Waals surface area contributed by atoms with Gasteiger partial charge in [0.1, 0.15) is 5.75 Å². The molecule has 0 saturated carbocycles. The van der Waals surface area contributed by atoms with Crippen LogP contribution in [0.1, 0.15) is 26.7 Å². The van der Waals surface area contributed by atoms with Crippen LogP contribution in [-0.4, -0.2) is 42.6 Å². The smallest absolute Gasteiger partial charge is 0.223 e. The summed E-state index contributed by atoms with van der Waals surface area (Å²) in [5.41, 5.74) is 7.80. The zero-order valence-corrected chi connectivity index (χ0v) is 12.7. The standard InChI is InChI=1S/C16H23N3O2/c1-11(2)21-15-8-12(17)7-14(9-15)18-5-6-19-13(10-18)3-4-16(19)20/h7-9,11,13H,3-6,10,17H2,1-2H3. The lowest BCUT2D eigenvalue weighted by Crippen LogP contribution is -2.51. The Hall–Kier alpha value is -1.91. The molecule has 1 unspecified atom stereocenters. The number of ether oxygens (including phenoxy) is 1. The minimum atomic E-state index is 0.129. The summed E-state index contributed by atoms with van der Waals surface area (Å²) in [5.74, 6) is 1.11. The number of carbonyl (C=O) groups is 1. The van der Waals surface area contributed by atoms with Gasteiger partial charge in [0.25, 0.3) is 0 Å². The van der Waals surface area contributed by atoms with Gasteiger partial charge >= 0.3 is 0 Å². The first-order chi connectivity index (χ1) is 10.0. The van der Waals surface area contributed by atoms with E-state index in [0.717, 1.165) is 37.5 Å². The molecule has 2 heterocycles. The fraction of sp³-hybridized carbons (Fsp3) is 0.562. The van der Waals surface area contributed by atoms with Crippen LogP contribution in [0.25, 0.3) is 0 Å². The van der Waals surface area contributed by atoms with E-state index in [1.54, 1.807) is 0 Å². The highest BCUT2D eigenvalue weighted by Crippen LogP contribution is 2.30. The van der Waals surface area contributed by atoms with Gasteiger partial charge in [0.15, 0.2) is 0 Å². The van der Waals surface area contributed by atoms with Crippen LogP contribution in [0, 0.1) is 0 Å². The van der Waals surface area contributed by atoms with E-state index in [2.05, 4.69) is 4.90 Å². The fourth-order valence-corrected chi connectivity index (χ4v) is 3.23. The van der Waals surface area contributed by atoms with Crippen molar-refractivity contribution in [2.45, 2.75) is 38.8 Å². The average molecular weight is 289 g/mol. The van der Waals surface area contributed by atoms with Crippen molar-refractivity contribution in [3.05, 3.63) is 18.2 Å². The minimum Gasteiger partial charge on any atom is -0.491 e. The average Bonchev–Trinajstić information content (AvgIpc) is 2.78. The number of hydrogen-bond acceptors (Lipinski definition) is 4. The lowest BCUT2D eigenvalue weighted by atomic mass is 10.1. The number of rotatable bonds is 3. The number of nitrogens with two attached hydrogens (primary N) is 1. The SMILES string of the molecule is CC(C)Oc1cc(N)cc(N2CCN3C(=O)CCC3C2)c1. The molecule has 5 nitrogen and oxygen atoms in total. The molecule has 1 aromatic carbocycles. The maximum absolute atomic E-state index is 11.7. The van der Waals surface area contributed by atoms with Crippen LogP contribution >= 0.6 is 0 Å². The molecule has 5 heteroatoms. The molecule has 0 aliphatic carbocycles. The van der Waals surface area contributed by atoms with E-state index in [1.165, 1.54) is 0 Å². The first kappa shape index (κ1) is 14.0. The van der Waals surface area contributed by atoms with Gasteiger partial charge in [-0.25, -0.2) is 0 Å². The molecule has 2 N–H and O–H groups in total. The zero-order valence-electron chi connectivity index (χ0n) is 12.7. The van der Waals surface area contributed by atoms with E-state index in [-0.39, 0.29) is 6.10 Å². The second kappa shape index (κ2) is 5.47. The van der Waals surface area contributed by atoms with Gasteiger partial charge in [-0.15, -0.1) is 0 Å². The third-order valence-corrected chi connectivity index (χ3v) is 4.15. The Morgan fingerprint density at radius 1 is 1.29 bits per heavy atom. The Morgan fingerprint density at radius 2 is 2.10 bits per heavy atom. The Balaban J connectivity index is 1.78. The quantitative estimate of drug-likeness (QED) is 0.863. The van der Waals surface area contributed by atoms with Gasteiger partial charge in [0, 0.05) is 55.6 Å². The van der Waals surface area contributed by atoms with E-state index in [1.807, 2.05) is 36.9 Å². The van der Waals surface area contributed by atoms with Crippen molar-refractivity contribution in [3.8, 4) is 5.75 Å². The third-order valence-electron chi connectivity index (χ3n) is 4.15. The molecule has 2 aliphatic heterocycles. The van der Waals surface area contributed by atoms with Crippen LogP contribution in [0.15, 0.2) is 18.2 Å². The number of nitrogen functional groups attached to an aromatic ring is 1. The number of piperazine rings is 1. The largest absolute Gasteiger partial charge is 0.491 e. The second-order valence-corrected chi connectivity index (χ2v) is 6.15. The van der Waals surface area contributed by atoms with Crippen molar-refractivity contribution in [1.29, 1.82) is 0 Å². The number of carbonyl (C=O) groups excluding carboxylic acids is 1. The van der Waals surface area contributed by atoms with Crippen LogP contribution in [0.4, 0.5) is 11.4 Å². The summed E-state index contributed by atoms with van der Waals surface area (Å²) < 4.78 is 5.76. The molecule has 3 rings (SSSR count). The van der Waals surface area contributed by atoms with Crippen LogP contribution in [0.2, 0.25) is 0 Å². The van der Waals surface area contributed by atoms with E-state index in [0.29, 0.717) is 24.1 Å². The van der Waals surface area contributed by atoms with Gasteiger partial charge in [0.2, 0.25) is 5.91 Å². The van der Waals surface area contributed by atoms with Crippen molar-refractivity contribution >= 4 is 17.3 Å². The Morgan fingerprint density at radius 3 is 2.86 bits per heavy atom. The van der Waals surface area contributed by atoms with E-state index < -0.39 is 0 Å². The molecule has 114 valence electrons. The molecule has 0 radical (unpaired) electrons. The van der Waals surface area contributed by atoms with E-state index in [9.17, 15) is 4.79 Å². The molecule has 2 saturated heterocycles. The monoisotopic (exact) mass is 289 g/mol. The van der Waals surface area contributed by atoms with Crippen molar-refractivity contribution < 1.29 is 9.53 Å². The van der Waals surface area contributed by atoms with Crippen LogP contribution in [0.3, 0.4) is 0 Å². The van der Waals surface area contributed by atoms with Gasteiger partial charge in [-0.1, -0.05) is 0 Å². The van der Waals surface area contributed by atoms with Gasteiger partial charge in [-0.3, -0.25) is 4.79 Å². The molecule has 1 aromatic rings. The fourth-order valence-electron chi connectivity index (χ4n) is 3.23. The molecule has 0 aromatic heterocycles. The van der Waals surface area contributed by atoms with Crippen molar-refractivity contribution in [2.75, 3.05) is 30.3 Å². The normalized spacial score (nSPS) is 21.9. The highest BCUT2D eigenvalue weighted by Gasteiger charge is 2.35. The summed E-state index contributed by atoms with van der Waals surface area (Å²) in [7, 11) is 0. The predicted molar refractivity (Wildman–Crippen MR) is 83.6 cm³/mol. The summed E-state index contributed by atoms with van der Waals surface area (Å²) in [6.45, 7) is 6.55. The topological polar surface area (TPSA) is 58.8 Å². The van der Waals surface area contributed by atoms with Crippen LogP contribution in [0.5, 0.6) is 5.75 Å². The Bertz CT molecular complexity index is 544. The predicted octanol–water partition coefficient (Wildman–Crippen LogP) is 1.87. The number of amides is 1. The number of hydrogen-bond donors (Lipinski definition) is 1. The van der Waals surface area contributed by atoms with Gasteiger partial charge < -0.3 is 20.3 Å². The molecule has 2 fully saturated rings. The molecule has 0 bridgehead atoms. The van der Waals surface area contributed by atoms with E-state index >= 15 is 0 Å². The molecule has 1 atom stereocenters. The summed E-state index contributed by atoms with van der Waals surface area (Å²) in [6.07, 6.45) is 1.79. The molecular weight excluding hydrogens is 266 g/mol. The van der Waals surface area contributed by atoms with Crippen LogP contribution in [-0.2, 0) is 4.79 Å². The van der Waals surface area contributed by atoms with Crippen molar-refractivity contribution in [3.63, 3.8) is 0 Å². The molecule has 21 heavy (non-hydrogen) atoms. The van der Waals surface area contributed by atoms with Gasteiger partial charge in [0.05, 0.1) is 6.10 Å². The molecule has 0 spiro atoms. The minimum absolute atomic E-state index is 0.129. The second-order valence-electron chi connectivity index (χ2n) is 6.15. The lowest BCUT2D eigenvalue weighted by Gasteiger charge is -2.39. The summed E-state index contributed by atoms with van der Waals surface area (Å²) in [5, 5.41) is 0. The number of nitrogens with zero attached hydrogens (tertiary/aromatic N) is 2. The highest BCUT2D eigenvalue weighted by molar-refractivity contribution is 5.79. The van der Waals surface area contributed by atoms with E-state index in [4.69, 9.17) is 10.5 Å². The Kier molecular flexibility index (Phi) is 3.66. The lowest BCUT2D eigenvalue weighted by molar-refractivity contribution is -0.129. The number of benzene rings is 1. The van der Waals surface area contributed by atoms with Gasteiger partial charge in [-0.2, -0.15) is 0 Å². The third kappa shape index (κ3) is 2.91. The summed E-state index contributed by atoms with van der Waals surface area (Å²) >= 11 is 0. The number of anilines is 2. The first-order valence-electron chi connectivity index (χ1n) is 7.64.